The maximum absolute atomic E-state index is 14.9. The highest BCUT2D eigenvalue weighted by atomic mass is 35.5. The highest BCUT2D eigenvalue weighted by Crippen LogP contribution is 2.33. The molecular weight excluding hydrogens is 980 g/mol. The Morgan fingerprint density at radius 2 is 1.20 bits per heavy atom. The summed E-state index contributed by atoms with van der Waals surface area (Å²) in [5, 5.41) is 16.2. The summed E-state index contributed by atoms with van der Waals surface area (Å²) in [6, 6.07) is 20.5. The van der Waals surface area contributed by atoms with Gasteiger partial charge in [0.25, 0.3) is 11.8 Å². The van der Waals surface area contributed by atoms with Gasteiger partial charge in [0.1, 0.15) is 0 Å². The number of methoxy groups -OCH3 is 2. The zero-order valence-corrected chi connectivity index (χ0v) is 42.6. The van der Waals surface area contributed by atoms with Gasteiger partial charge in [-0.25, -0.2) is 4.79 Å². The molecule has 14 nitrogen and oxygen atoms in total. The molecule has 3 fully saturated rings. The molecule has 4 aromatic rings. The summed E-state index contributed by atoms with van der Waals surface area (Å²) < 4.78 is 23.3. The fourth-order valence-corrected chi connectivity index (χ4v) is 10.4. The molecule has 1 atom stereocenters. The molecule has 2 N–H and O–H groups in total. The number of carboxylic acids is 1. The summed E-state index contributed by atoms with van der Waals surface area (Å²) in [5.41, 5.74) is 2.38. The molecule has 3 heterocycles. The average molecular weight is 1040 g/mol. The van der Waals surface area contributed by atoms with Gasteiger partial charge in [-0.05, 0) is 135 Å². The summed E-state index contributed by atoms with van der Waals surface area (Å²) in [6.45, 7) is 5.18. The van der Waals surface area contributed by atoms with E-state index in [9.17, 15) is 24.3 Å². The Morgan fingerprint density at radius 1 is 0.671 bits per heavy atom. The van der Waals surface area contributed by atoms with Crippen molar-refractivity contribution < 1.29 is 43.2 Å². The fraction of sp³-hybridized carbons (Fsp3) is 0.462. The van der Waals surface area contributed by atoms with Crippen molar-refractivity contribution in [3.63, 3.8) is 0 Å². The number of rotatable bonds is 21. The maximum atomic E-state index is 14.9. The topological polar surface area (TPSA) is 150 Å². The Morgan fingerprint density at radius 3 is 1.73 bits per heavy atom. The van der Waals surface area contributed by atoms with E-state index in [1.54, 1.807) is 60.7 Å². The number of hydrogen-bond donors (Lipinski definition) is 2. The van der Waals surface area contributed by atoms with Crippen molar-refractivity contribution in [1.82, 2.24) is 24.9 Å². The van der Waals surface area contributed by atoms with E-state index < -0.39 is 18.0 Å². The Labute approximate surface area is 430 Å². The molecule has 0 bridgehead atoms. The number of aliphatic carboxylic acids is 1. The van der Waals surface area contributed by atoms with Gasteiger partial charge in [0, 0.05) is 83.3 Å². The number of carbonyl (C=O) groups excluding carboxylic acids is 3. The number of carboxylic acid groups (broad SMARTS) is 1. The van der Waals surface area contributed by atoms with E-state index in [0.717, 1.165) is 37.1 Å². The highest BCUT2D eigenvalue weighted by Gasteiger charge is 2.39. The molecule has 3 aliphatic rings. The van der Waals surface area contributed by atoms with E-state index in [0.29, 0.717) is 133 Å². The molecule has 7 rings (SSSR count). The summed E-state index contributed by atoms with van der Waals surface area (Å²) in [4.78, 5) is 62.2. The zero-order chi connectivity index (χ0) is 49.7. The smallest absolute Gasteiger partial charge is 0.341 e. The van der Waals surface area contributed by atoms with Crippen molar-refractivity contribution >= 4 is 70.1 Å². The monoisotopic (exact) mass is 1040 g/mol. The summed E-state index contributed by atoms with van der Waals surface area (Å²) >= 11 is 24.9. The van der Waals surface area contributed by atoms with Gasteiger partial charge in [-0.2, -0.15) is 0 Å². The number of amides is 3. The van der Waals surface area contributed by atoms with Crippen molar-refractivity contribution in [2.24, 2.45) is 11.8 Å². The fourth-order valence-electron chi connectivity index (χ4n) is 9.39. The predicted octanol–water partition coefficient (Wildman–Crippen LogP) is 8.89. The van der Waals surface area contributed by atoms with Crippen LogP contribution in [0.3, 0.4) is 0 Å². The first-order valence-corrected chi connectivity index (χ1v) is 25.4. The average Bonchev–Trinajstić information content (AvgIpc) is 3.91. The van der Waals surface area contributed by atoms with E-state index >= 15 is 0 Å². The normalized spacial score (nSPS) is 16.4. The third-order valence-corrected chi connectivity index (χ3v) is 14.6. The molecule has 0 spiro atoms. The van der Waals surface area contributed by atoms with Gasteiger partial charge in [0.05, 0.1) is 34.0 Å². The van der Waals surface area contributed by atoms with Crippen LogP contribution in [0.25, 0.3) is 0 Å². The lowest BCUT2D eigenvalue weighted by Crippen LogP contribution is -2.59. The van der Waals surface area contributed by atoms with E-state index in [4.69, 9.17) is 65.4 Å². The zero-order valence-electron chi connectivity index (χ0n) is 39.6. The molecule has 70 heavy (non-hydrogen) atoms. The lowest BCUT2D eigenvalue weighted by molar-refractivity contribution is -0.151. The second kappa shape index (κ2) is 25.4. The predicted molar refractivity (Wildman–Crippen MR) is 271 cm³/mol. The van der Waals surface area contributed by atoms with Crippen LogP contribution in [0.15, 0.2) is 72.8 Å². The quantitative estimate of drug-likeness (QED) is 0.0824. The number of halogens is 4. The van der Waals surface area contributed by atoms with Crippen molar-refractivity contribution in [2.75, 3.05) is 86.3 Å². The van der Waals surface area contributed by atoms with Crippen LogP contribution in [0.2, 0.25) is 20.1 Å². The Balaban J connectivity index is 1.01. The number of nitrogens with one attached hydrogen (secondary N) is 1. The Kier molecular flexibility index (Phi) is 19.2. The molecule has 1 unspecified atom stereocenters. The van der Waals surface area contributed by atoms with Gasteiger partial charge in [0.15, 0.2) is 29.2 Å². The first kappa shape index (κ1) is 52.9. The molecule has 3 amide bonds. The maximum Gasteiger partial charge on any atom is 0.341 e. The van der Waals surface area contributed by atoms with Crippen molar-refractivity contribution in [2.45, 2.75) is 57.5 Å². The molecule has 3 saturated heterocycles. The van der Waals surface area contributed by atoms with Gasteiger partial charge in [0.2, 0.25) is 5.91 Å². The first-order valence-electron chi connectivity index (χ1n) is 23.9. The molecule has 4 aromatic carbocycles. The molecule has 0 saturated carbocycles. The summed E-state index contributed by atoms with van der Waals surface area (Å²) in [7, 11) is 3.05. The summed E-state index contributed by atoms with van der Waals surface area (Å²) in [5.74, 6) is 0.00715. The number of likely N-dealkylation sites (tertiary alicyclic amines) is 3. The minimum Gasteiger partial charge on any atom is -0.493 e. The minimum absolute atomic E-state index is 0.000584. The molecular formula is C52H61Cl4N5O9. The minimum atomic E-state index is -1.26. The van der Waals surface area contributed by atoms with Gasteiger partial charge < -0.3 is 39.2 Å². The standard InChI is InChI=1S/C52H61Cl4N5O9/c1-67-44-11-7-38(27-46(44)69-25-17-36-5-9-40(53)29-42(36)55)49(63)57-31-34-15-23-60(24-16-34)50(52(65)66)61(32-35-13-21-58(22-14-35)33-48(62)59-19-3-4-20-59)51(64)39-8-12-45(68-2)47(28-39)70-26-18-37-6-10-41(54)30-43(37)56/h5-12,27-30,34-35,50H,3-4,13-26,31-33H2,1-2H3,(H,57,63)(H,65,66). The molecule has 0 radical (unpaired) electrons. The molecule has 376 valence electrons. The Hall–Kier alpha value is -4.96. The number of hydrogen-bond acceptors (Lipinski definition) is 10. The second-order valence-corrected chi connectivity index (χ2v) is 19.8. The number of nitrogens with zero attached hydrogens (tertiary/aromatic N) is 4. The van der Waals surface area contributed by atoms with Crippen LogP contribution >= 0.6 is 46.4 Å². The molecule has 18 heteroatoms. The van der Waals surface area contributed by atoms with Gasteiger partial charge in [-0.3, -0.25) is 24.2 Å². The van der Waals surface area contributed by atoms with E-state index in [2.05, 4.69) is 10.2 Å². The second-order valence-electron chi connectivity index (χ2n) is 18.1. The first-order chi connectivity index (χ1) is 33.8. The van der Waals surface area contributed by atoms with Crippen LogP contribution in [0.4, 0.5) is 0 Å². The SMILES string of the molecule is COc1ccc(C(=O)NCC2CCN(C(C(=O)O)N(CC3CCN(CC(=O)N4CCCC4)CC3)C(=O)c3ccc(OC)c(OCCc4ccc(Cl)cc4Cl)c3)CC2)cc1OCCc1ccc(Cl)cc1Cl. The number of piperidine rings is 2. The van der Waals surface area contributed by atoms with Crippen molar-refractivity contribution in [1.29, 1.82) is 0 Å². The largest absolute Gasteiger partial charge is 0.493 e. The third-order valence-electron chi connectivity index (χ3n) is 13.4. The van der Waals surface area contributed by atoms with Gasteiger partial charge in [-0.15, -0.1) is 0 Å². The molecule has 0 aromatic heterocycles. The van der Waals surface area contributed by atoms with Crippen LogP contribution in [0, 0.1) is 11.8 Å². The van der Waals surface area contributed by atoms with E-state index in [1.807, 2.05) is 21.9 Å². The van der Waals surface area contributed by atoms with E-state index in [-0.39, 0.29) is 42.4 Å². The molecule has 3 aliphatic heterocycles. The Bertz CT molecular complexity index is 2460. The summed E-state index contributed by atoms with van der Waals surface area (Å²) in [6.07, 6.45) is 4.38. The van der Waals surface area contributed by atoms with Crippen LogP contribution in [-0.4, -0.2) is 141 Å². The van der Waals surface area contributed by atoms with Crippen LogP contribution in [0.1, 0.15) is 70.4 Å². The van der Waals surface area contributed by atoms with E-state index in [1.165, 1.54) is 19.1 Å². The lowest BCUT2D eigenvalue weighted by Gasteiger charge is -2.43. The number of benzene rings is 4. The van der Waals surface area contributed by atoms with Crippen molar-refractivity contribution in [3.05, 3.63) is 115 Å². The highest BCUT2D eigenvalue weighted by molar-refractivity contribution is 6.35. The third kappa shape index (κ3) is 14.1. The van der Waals surface area contributed by atoms with Crippen LogP contribution in [0.5, 0.6) is 23.0 Å². The van der Waals surface area contributed by atoms with Crippen LogP contribution in [-0.2, 0) is 22.4 Å². The number of ether oxygens (including phenoxy) is 4. The number of carbonyl (C=O) groups is 4. The van der Waals surface area contributed by atoms with Crippen LogP contribution < -0.4 is 24.3 Å². The van der Waals surface area contributed by atoms with Crippen molar-refractivity contribution in [3.8, 4) is 23.0 Å². The van der Waals surface area contributed by atoms with Gasteiger partial charge in [-0.1, -0.05) is 58.5 Å². The van der Waals surface area contributed by atoms with Gasteiger partial charge >= 0.3 is 5.97 Å². The molecule has 0 aliphatic carbocycles. The lowest BCUT2D eigenvalue weighted by atomic mass is 9.94.